The van der Waals surface area contributed by atoms with Gasteiger partial charge in [-0.1, -0.05) is 25.3 Å². The Hall–Kier alpha value is -2.37. The number of aliphatic carboxylic acids is 1. The standard InChI is InChI=1S/C20H26N2O4/c23-18(24)13-17-10-5-11-22(17)20(26)15-8-4-9-16(12-15)21-19(25)14-6-2-1-3-7-14/h4,8-9,12,14,17H,1-3,5-7,10-11,13H2,(H,21,25)(H,23,24). The summed E-state index contributed by atoms with van der Waals surface area (Å²) in [5.74, 6) is -0.966. The highest BCUT2D eigenvalue weighted by molar-refractivity contribution is 5.98. The number of carboxylic acids is 1. The van der Waals surface area contributed by atoms with Crippen molar-refractivity contribution >= 4 is 23.5 Å². The van der Waals surface area contributed by atoms with Crippen LogP contribution in [0.2, 0.25) is 0 Å². The molecule has 1 saturated carbocycles. The van der Waals surface area contributed by atoms with Gasteiger partial charge in [0, 0.05) is 29.8 Å². The first-order valence-electron chi connectivity index (χ1n) is 9.48. The number of carbonyl (C=O) groups is 3. The minimum absolute atomic E-state index is 0.0240. The monoisotopic (exact) mass is 358 g/mol. The van der Waals surface area contributed by atoms with Crippen LogP contribution < -0.4 is 5.32 Å². The first kappa shape index (κ1) is 18.4. The number of hydrogen-bond acceptors (Lipinski definition) is 3. The first-order chi connectivity index (χ1) is 12.5. The molecular weight excluding hydrogens is 332 g/mol. The number of rotatable bonds is 5. The third kappa shape index (κ3) is 4.42. The van der Waals surface area contributed by atoms with Crippen molar-refractivity contribution in [1.82, 2.24) is 4.90 Å². The number of carbonyl (C=O) groups excluding carboxylic acids is 2. The van der Waals surface area contributed by atoms with Gasteiger partial charge in [0.2, 0.25) is 5.91 Å². The van der Waals surface area contributed by atoms with Crippen LogP contribution >= 0.6 is 0 Å². The Morgan fingerprint density at radius 1 is 1.08 bits per heavy atom. The summed E-state index contributed by atoms with van der Waals surface area (Å²) in [6, 6.07) is 6.70. The second-order valence-electron chi connectivity index (χ2n) is 7.30. The maximum atomic E-state index is 12.8. The lowest BCUT2D eigenvalue weighted by Crippen LogP contribution is -2.36. The van der Waals surface area contributed by atoms with Crippen molar-refractivity contribution < 1.29 is 19.5 Å². The summed E-state index contributed by atoms with van der Waals surface area (Å²) in [4.78, 5) is 37.9. The second-order valence-corrected chi connectivity index (χ2v) is 7.30. The lowest BCUT2D eigenvalue weighted by molar-refractivity contribution is -0.138. The van der Waals surface area contributed by atoms with Gasteiger partial charge in [-0.15, -0.1) is 0 Å². The molecule has 1 aliphatic heterocycles. The quantitative estimate of drug-likeness (QED) is 0.846. The summed E-state index contributed by atoms with van der Waals surface area (Å²) in [7, 11) is 0. The van der Waals surface area contributed by atoms with E-state index < -0.39 is 5.97 Å². The van der Waals surface area contributed by atoms with Gasteiger partial charge in [0.15, 0.2) is 0 Å². The summed E-state index contributed by atoms with van der Waals surface area (Å²) in [5.41, 5.74) is 1.11. The van der Waals surface area contributed by atoms with Gasteiger partial charge in [0.25, 0.3) is 5.91 Å². The van der Waals surface area contributed by atoms with E-state index in [9.17, 15) is 14.4 Å². The number of benzene rings is 1. The van der Waals surface area contributed by atoms with E-state index in [0.717, 1.165) is 38.5 Å². The maximum absolute atomic E-state index is 12.8. The van der Waals surface area contributed by atoms with Crippen molar-refractivity contribution in [3.8, 4) is 0 Å². The summed E-state index contributed by atoms with van der Waals surface area (Å²) in [6.07, 6.45) is 6.75. The van der Waals surface area contributed by atoms with Gasteiger partial charge in [0.05, 0.1) is 6.42 Å². The molecule has 2 aliphatic rings. The molecule has 0 aromatic heterocycles. The number of anilines is 1. The zero-order valence-electron chi connectivity index (χ0n) is 14.9. The summed E-state index contributed by atoms with van der Waals surface area (Å²) < 4.78 is 0. The second kappa shape index (κ2) is 8.34. The van der Waals surface area contributed by atoms with Crippen LogP contribution in [0.3, 0.4) is 0 Å². The van der Waals surface area contributed by atoms with Gasteiger partial charge < -0.3 is 15.3 Å². The zero-order chi connectivity index (χ0) is 18.5. The number of carboxylic acid groups (broad SMARTS) is 1. The molecule has 1 aromatic rings. The molecule has 1 aromatic carbocycles. The fourth-order valence-corrected chi connectivity index (χ4v) is 4.02. The normalized spacial score (nSPS) is 20.8. The molecule has 1 atom stereocenters. The lowest BCUT2D eigenvalue weighted by atomic mass is 9.88. The van der Waals surface area contributed by atoms with Crippen LogP contribution in [0.4, 0.5) is 5.69 Å². The number of hydrogen-bond donors (Lipinski definition) is 2. The van der Waals surface area contributed by atoms with Gasteiger partial charge in [0.1, 0.15) is 0 Å². The Bertz CT molecular complexity index is 682. The molecule has 6 heteroatoms. The molecule has 1 unspecified atom stereocenters. The Morgan fingerprint density at radius 2 is 1.85 bits per heavy atom. The Labute approximate surface area is 153 Å². The first-order valence-corrected chi connectivity index (χ1v) is 9.48. The summed E-state index contributed by atoms with van der Waals surface area (Å²) in [6.45, 7) is 0.579. The van der Waals surface area contributed by atoms with Crippen LogP contribution in [0.5, 0.6) is 0 Å². The highest BCUT2D eigenvalue weighted by Crippen LogP contribution is 2.26. The average Bonchev–Trinajstić information content (AvgIpc) is 3.09. The van der Waals surface area contributed by atoms with Crippen molar-refractivity contribution in [3.05, 3.63) is 29.8 Å². The fraction of sp³-hybridized carbons (Fsp3) is 0.550. The van der Waals surface area contributed by atoms with Crippen LogP contribution in [0.25, 0.3) is 0 Å². The number of nitrogens with one attached hydrogen (secondary N) is 1. The highest BCUT2D eigenvalue weighted by atomic mass is 16.4. The fourth-order valence-electron chi connectivity index (χ4n) is 4.02. The SMILES string of the molecule is O=C(O)CC1CCCN1C(=O)c1cccc(NC(=O)C2CCCCC2)c1. The van der Waals surface area contributed by atoms with E-state index >= 15 is 0 Å². The van der Waals surface area contributed by atoms with Gasteiger partial charge >= 0.3 is 5.97 Å². The maximum Gasteiger partial charge on any atom is 0.305 e. The molecule has 2 N–H and O–H groups in total. The highest BCUT2D eigenvalue weighted by Gasteiger charge is 2.31. The Balaban J connectivity index is 1.67. The molecule has 3 rings (SSSR count). The molecule has 2 amide bonds. The summed E-state index contributed by atoms with van der Waals surface area (Å²) >= 11 is 0. The van der Waals surface area contributed by atoms with E-state index in [1.807, 2.05) is 0 Å². The largest absolute Gasteiger partial charge is 0.481 e. The van der Waals surface area contributed by atoms with Crippen molar-refractivity contribution in [2.45, 2.75) is 57.4 Å². The van der Waals surface area contributed by atoms with E-state index in [1.54, 1.807) is 29.2 Å². The van der Waals surface area contributed by atoms with E-state index in [2.05, 4.69) is 5.32 Å². The molecule has 1 aliphatic carbocycles. The van der Waals surface area contributed by atoms with Crippen LogP contribution in [0, 0.1) is 5.92 Å². The predicted octanol–water partition coefficient (Wildman–Crippen LogP) is 3.28. The molecule has 0 bridgehead atoms. The lowest BCUT2D eigenvalue weighted by Gasteiger charge is -2.24. The number of amides is 2. The number of nitrogens with zero attached hydrogens (tertiary/aromatic N) is 1. The van der Waals surface area contributed by atoms with Gasteiger partial charge in [-0.2, -0.15) is 0 Å². The minimum atomic E-state index is -0.886. The third-order valence-electron chi connectivity index (χ3n) is 5.40. The molecule has 26 heavy (non-hydrogen) atoms. The van der Waals surface area contributed by atoms with E-state index in [4.69, 9.17) is 5.11 Å². The van der Waals surface area contributed by atoms with Crippen LogP contribution in [0.1, 0.15) is 61.7 Å². The van der Waals surface area contributed by atoms with E-state index in [-0.39, 0.29) is 30.2 Å². The molecule has 1 saturated heterocycles. The molecule has 0 spiro atoms. The molecular formula is C20H26N2O4. The van der Waals surface area contributed by atoms with Gasteiger partial charge in [-0.05, 0) is 43.9 Å². The Kier molecular flexibility index (Phi) is 5.91. The topological polar surface area (TPSA) is 86.7 Å². The van der Waals surface area contributed by atoms with Crippen LogP contribution in [-0.4, -0.2) is 40.4 Å². The van der Waals surface area contributed by atoms with Crippen molar-refractivity contribution in [3.63, 3.8) is 0 Å². The van der Waals surface area contributed by atoms with Crippen LogP contribution in [-0.2, 0) is 9.59 Å². The Morgan fingerprint density at radius 3 is 2.58 bits per heavy atom. The molecule has 6 nitrogen and oxygen atoms in total. The van der Waals surface area contributed by atoms with Gasteiger partial charge in [-0.25, -0.2) is 0 Å². The number of likely N-dealkylation sites (tertiary alicyclic amines) is 1. The molecule has 1 heterocycles. The van der Waals surface area contributed by atoms with Crippen molar-refractivity contribution in [2.24, 2.45) is 5.92 Å². The van der Waals surface area contributed by atoms with Crippen molar-refractivity contribution in [2.75, 3.05) is 11.9 Å². The zero-order valence-corrected chi connectivity index (χ0v) is 14.9. The molecule has 0 radical (unpaired) electrons. The third-order valence-corrected chi connectivity index (χ3v) is 5.40. The molecule has 140 valence electrons. The smallest absolute Gasteiger partial charge is 0.305 e. The predicted molar refractivity (Wildman–Crippen MR) is 98.0 cm³/mol. The van der Waals surface area contributed by atoms with Crippen LogP contribution in [0.15, 0.2) is 24.3 Å². The minimum Gasteiger partial charge on any atom is -0.481 e. The van der Waals surface area contributed by atoms with Gasteiger partial charge in [-0.3, -0.25) is 14.4 Å². The molecule has 2 fully saturated rings. The van der Waals surface area contributed by atoms with E-state index in [0.29, 0.717) is 17.8 Å². The van der Waals surface area contributed by atoms with Crippen molar-refractivity contribution in [1.29, 1.82) is 0 Å². The summed E-state index contributed by atoms with van der Waals surface area (Å²) in [5, 5.41) is 12.0. The average molecular weight is 358 g/mol. The van der Waals surface area contributed by atoms with E-state index in [1.165, 1.54) is 6.42 Å².